The maximum Gasteiger partial charge on any atom is 0.125 e. The fraction of sp³-hybridized carbons (Fsp3) is 0.154. The zero-order chi connectivity index (χ0) is 12.1. The van der Waals surface area contributed by atoms with Gasteiger partial charge in [-0.1, -0.05) is 35.3 Å². The molecule has 0 saturated carbocycles. The number of pyridine rings is 1. The Morgan fingerprint density at radius 1 is 1.12 bits per heavy atom. The quantitative estimate of drug-likeness (QED) is 0.904. The summed E-state index contributed by atoms with van der Waals surface area (Å²) in [5, 5.41) is 4.60. The van der Waals surface area contributed by atoms with Crippen molar-refractivity contribution in [2.75, 3.05) is 11.9 Å². The topological polar surface area (TPSA) is 24.9 Å². The molecule has 0 spiro atoms. The fourth-order valence-corrected chi connectivity index (χ4v) is 2.02. The lowest BCUT2D eigenvalue weighted by atomic mass is 10.1. The highest BCUT2D eigenvalue weighted by atomic mass is 35.5. The highest BCUT2D eigenvalue weighted by Crippen LogP contribution is 2.21. The molecule has 0 fully saturated rings. The number of rotatable bonds is 4. The number of nitrogens with zero attached hydrogens (tertiary/aromatic N) is 1. The van der Waals surface area contributed by atoms with E-state index in [0.29, 0.717) is 10.0 Å². The van der Waals surface area contributed by atoms with E-state index in [4.69, 9.17) is 23.2 Å². The lowest BCUT2D eigenvalue weighted by Gasteiger charge is -2.07. The molecule has 1 N–H and O–H groups in total. The maximum absolute atomic E-state index is 6.08. The third-order valence-electron chi connectivity index (χ3n) is 2.38. The number of aromatic nitrogens is 1. The van der Waals surface area contributed by atoms with Crippen LogP contribution in [0.5, 0.6) is 0 Å². The molecule has 2 rings (SSSR count). The molecule has 1 aromatic heterocycles. The Morgan fingerprint density at radius 2 is 2.00 bits per heavy atom. The predicted molar refractivity (Wildman–Crippen MR) is 72.9 cm³/mol. The van der Waals surface area contributed by atoms with Gasteiger partial charge in [-0.05, 0) is 36.2 Å². The van der Waals surface area contributed by atoms with Crippen molar-refractivity contribution in [3.8, 4) is 0 Å². The fourth-order valence-electron chi connectivity index (χ4n) is 1.52. The molecule has 0 unspecified atom stereocenters. The van der Waals surface area contributed by atoms with Crippen LogP contribution in [0.4, 0.5) is 5.82 Å². The molecule has 0 bridgehead atoms. The van der Waals surface area contributed by atoms with Gasteiger partial charge in [-0.25, -0.2) is 4.98 Å². The second kappa shape index (κ2) is 5.89. The van der Waals surface area contributed by atoms with E-state index >= 15 is 0 Å². The van der Waals surface area contributed by atoms with E-state index < -0.39 is 0 Å². The largest absolute Gasteiger partial charge is 0.370 e. The first-order valence-corrected chi connectivity index (χ1v) is 6.10. The Labute approximate surface area is 111 Å². The van der Waals surface area contributed by atoms with Gasteiger partial charge in [-0.3, -0.25) is 0 Å². The van der Waals surface area contributed by atoms with Crippen molar-refractivity contribution in [2.45, 2.75) is 6.42 Å². The molecule has 2 aromatic rings. The number of halogens is 2. The number of hydrogen-bond acceptors (Lipinski definition) is 2. The van der Waals surface area contributed by atoms with Crippen LogP contribution in [0, 0.1) is 0 Å². The predicted octanol–water partition coefficient (Wildman–Crippen LogP) is 4.04. The van der Waals surface area contributed by atoms with Crippen LogP contribution in [0.15, 0.2) is 42.6 Å². The minimum atomic E-state index is 0.663. The summed E-state index contributed by atoms with van der Waals surface area (Å²) < 4.78 is 0. The summed E-state index contributed by atoms with van der Waals surface area (Å²) in [5.74, 6) is 0.873. The highest BCUT2D eigenvalue weighted by molar-refractivity contribution is 6.35. The molecule has 0 aliphatic rings. The van der Waals surface area contributed by atoms with Crippen LogP contribution in [-0.2, 0) is 6.42 Å². The second-order valence-electron chi connectivity index (χ2n) is 3.63. The summed E-state index contributed by atoms with van der Waals surface area (Å²) in [5.41, 5.74) is 1.08. The van der Waals surface area contributed by atoms with Gasteiger partial charge in [-0.2, -0.15) is 0 Å². The standard InChI is InChI=1S/C13H12Cl2N2/c14-11-5-4-10(12(15)9-11)6-8-17-13-3-1-2-7-16-13/h1-5,7,9H,6,8H2,(H,16,17). The van der Waals surface area contributed by atoms with E-state index in [9.17, 15) is 0 Å². The first-order valence-electron chi connectivity index (χ1n) is 5.34. The van der Waals surface area contributed by atoms with Gasteiger partial charge < -0.3 is 5.32 Å². The highest BCUT2D eigenvalue weighted by Gasteiger charge is 2.01. The Bertz CT molecular complexity index is 486. The maximum atomic E-state index is 6.08. The van der Waals surface area contributed by atoms with E-state index in [-0.39, 0.29) is 0 Å². The summed E-state index contributed by atoms with van der Waals surface area (Å²) in [6.45, 7) is 0.790. The summed E-state index contributed by atoms with van der Waals surface area (Å²) in [6, 6.07) is 11.3. The summed E-state index contributed by atoms with van der Waals surface area (Å²) in [7, 11) is 0. The van der Waals surface area contributed by atoms with Gasteiger partial charge in [0.05, 0.1) is 0 Å². The number of benzene rings is 1. The van der Waals surface area contributed by atoms with Gasteiger partial charge in [0.2, 0.25) is 0 Å². The lowest BCUT2D eigenvalue weighted by Crippen LogP contribution is -2.06. The minimum Gasteiger partial charge on any atom is -0.370 e. The molecule has 0 radical (unpaired) electrons. The average Bonchev–Trinajstić information content (AvgIpc) is 2.33. The van der Waals surface area contributed by atoms with Crippen LogP contribution in [0.2, 0.25) is 10.0 Å². The van der Waals surface area contributed by atoms with Gasteiger partial charge in [0.25, 0.3) is 0 Å². The minimum absolute atomic E-state index is 0.663. The van der Waals surface area contributed by atoms with Crippen LogP contribution >= 0.6 is 23.2 Å². The Kier molecular flexibility index (Phi) is 4.24. The molecule has 0 saturated heterocycles. The molecule has 1 aromatic carbocycles. The van der Waals surface area contributed by atoms with Crippen LogP contribution in [0.1, 0.15) is 5.56 Å². The SMILES string of the molecule is Clc1ccc(CCNc2ccccn2)c(Cl)c1. The Balaban J connectivity index is 1.90. The monoisotopic (exact) mass is 266 g/mol. The third-order valence-corrected chi connectivity index (χ3v) is 2.97. The van der Waals surface area contributed by atoms with Crippen molar-refractivity contribution in [3.05, 3.63) is 58.2 Å². The molecule has 0 aliphatic carbocycles. The molecule has 1 heterocycles. The zero-order valence-corrected chi connectivity index (χ0v) is 10.7. The van der Waals surface area contributed by atoms with Crippen molar-refractivity contribution in [1.82, 2.24) is 4.98 Å². The summed E-state index contributed by atoms with van der Waals surface area (Å²) in [6.07, 6.45) is 2.60. The van der Waals surface area contributed by atoms with Crippen molar-refractivity contribution in [3.63, 3.8) is 0 Å². The zero-order valence-electron chi connectivity index (χ0n) is 9.16. The number of anilines is 1. The molecule has 17 heavy (non-hydrogen) atoms. The first-order chi connectivity index (χ1) is 8.25. The Hall–Kier alpha value is -1.25. The molecule has 4 heteroatoms. The van der Waals surface area contributed by atoms with E-state index in [1.165, 1.54) is 0 Å². The van der Waals surface area contributed by atoms with Crippen molar-refractivity contribution < 1.29 is 0 Å². The second-order valence-corrected chi connectivity index (χ2v) is 4.47. The lowest BCUT2D eigenvalue weighted by molar-refractivity contribution is 1.01. The van der Waals surface area contributed by atoms with Crippen molar-refractivity contribution in [1.29, 1.82) is 0 Å². The summed E-state index contributed by atoms with van der Waals surface area (Å²) in [4.78, 5) is 4.18. The van der Waals surface area contributed by atoms with E-state index in [1.807, 2.05) is 30.3 Å². The van der Waals surface area contributed by atoms with Crippen LogP contribution < -0.4 is 5.32 Å². The van der Waals surface area contributed by atoms with E-state index in [2.05, 4.69) is 10.3 Å². The molecule has 0 amide bonds. The Morgan fingerprint density at radius 3 is 2.71 bits per heavy atom. The molecular formula is C13H12Cl2N2. The molecule has 88 valence electrons. The average molecular weight is 267 g/mol. The molecule has 0 atom stereocenters. The van der Waals surface area contributed by atoms with Gasteiger partial charge in [0, 0.05) is 22.8 Å². The third kappa shape index (κ3) is 3.62. The van der Waals surface area contributed by atoms with E-state index in [1.54, 1.807) is 12.3 Å². The molecule has 2 nitrogen and oxygen atoms in total. The van der Waals surface area contributed by atoms with Gasteiger partial charge in [0.15, 0.2) is 0 Å². The van der Waals surface area contributed by atoms with E-state index in [0.717, 1.165) is 24.3 Å². The van der Waals surface area contributed by atoms with Gasteiger partial charge in [0.1, 0.15) is 5.82 Å². The van der Waals surface area contributed by atoms with Crippen LogP contribution in [0.3, 0.4) is 0 Å². The first kappa shape index (κ1) is 12.2. The van der Waals surface area contributed by atoms with Crippen LogP contribution in [0.25, 0.3) is 0 Å². The van der Waals surface area contributed by atoms with Crippen LogP contribution in [-0.4, -0.2) is 11.5 Å². The normalized spacial score (nSPS) is 10.2. The number of hydrogen-bond donors (Lipinski definition) is 1. The van der Waals surface area contributed by atoms with Gasteiger partial charge >= 0.3 is 0 Å². The summed E-state index contributed by atoms with van der Waals surface area (Å²) >= 11 is 11.9. The molecule has 0 aliphatic heterocycles. The van der Waals surface area contributed by atoms with Crippen molar-refractivity contribution in [2.24, 2.45) is 0 Å². The smallest absolute Gasteiger partial charge is 0.125 e. The number of nitrogens with one attached hydrogen (secondary N) is 1. The van der Waals surface area contributed by atoms with Gasteiger partial charge in [-0.15, -0.1) is 0 Å². The molecular weight excluding hydrogens is 255 g/mol. The van der Waals surface area contributed by atoms with Crippen molar-refractivity contribution >= 4 is 29.0 Å².